The van der Waals surface area contributed by atoms with Gasteiger partial charge in [0.15, 0.2) is 0 Å². The third kappa shape index (κ3) is 13.7. The van der Waals surface area contributed by atoms with E-state index in [4.69, 9.17) is 19.7 Å². The molecule has 0 rings (SSSR count). The summed E-state index contributed by atoms with van der Waals surface area (Å²) in [5.74, 6) is -1.79. The number of ether oxygens (including phenoxy) is 2. The topological polar surface area (TPSA) is 151 Å². The van der Waals surface area contributed by atoms with Gasteiger partial charge in [-0.3, -0.25) is 0 Å². The van der Waals surface area contributed by atoms with Gasteiger partial charge in [0.05, 0.1) is 13.2 Å². The van der Waals surface area contributed by atoms with Crippen molar-refractivity contribution in [2.75, 3.05) is 37.2 Å². The molecule has 0 fully saturated rings. The lowest BCUT2D eigenvalue weighted by Gasteiger charge is -2.14. The number of rotatable bonds is 15. The zero-order valence-electron chi connectivity index (χ0n) is 15.7. The van der Waals surface area contributed by atoms with Crippen molar-refractivity contribution >= 4 is 57.5 Å². The second kappa shape index (κ2) is 16.5. The van der Waals surface area contributed by atoms with Crippen molar-refractivity contribution in [3.05, 3.63) is 0 Å². The minimum Gasteiger partial charge on any atom is -0.480 e. The van der Waals surface area contributed by atoms with E-state index in [0.29, 0.717) is 19.3 Å². The first-order valence-corrected chi connectivity index (χ1v) is 12.4. The Morgan fingerprint density at radius 2 is 1.29 bits per heavy atom. The van der Waals surface area contributed by atoms with Crippen molar-refractivity contribution in [3.8, 4) is 0 Å². The largest absolute Gasteiger partial charge is 0.480 e. The molecule has 2 amide bonds. The van der Waals surface area contributed by atoms with Gasteiger partial charge in [-0.1, -0.05) is 21.6 Å². The Labute approximate surface area is 175 Å². The van der Waals surface area contributed by atoms with E-state index in [1.807, 2.05) is 6.26 Å². The van der Waals surface area contributed by atoms with Gasteiger partial charge < -0.3 is 30.3 Å². The lowest BCUT2D eigenvalue weighted by Crippen LogP contribution is -2.42. The third-order valence-corrected chi connectivity index (χ3v) is 5.61. The molecule has 0 saturated heterocycles. The molecule has 0 bridgehead atoms. The maximum absolute atomic E-state index is 11.6. The van der Waals surface area contributed by atoms with Crippen LogP contribution >= 0.6 is 33.3 Å². The van der Waals surface area contributed by atoms with E-state index < -0.39 is 36.2 Å². The second-order valence-corrected chi connectivity index (χ2v) is 8.83. The van der Waals surface area contributed by atoms with Crippen LogP contribution in [-0.4, -0.2) is 83.7 Å². The summed E-state index contributed by atoms with van der Waals surface area (Å²) in [6.45, 7) is 0.214. The Hall–Kier alpha value is -1.47. The summed E-state index contributed by atoms with van der Waals surface area (Å²) in [5.41, 5.74) is 0. The van der Waals surface area contributed by atoms with Gasteiger partial charge >= 0.3 is 24.1 Å². The van der Waals surface area contributed by atoms with E-state index >= 15 is 0 Å². The number of amides is 2. The van der Waals surface area contributed by atoms with Gasteiger partial charge in [-0.25, -0.2) is 19.2 Å². The molecule has 0 aromatic heterocycles. The zero-order valence-corrected chi connectivity index (χ0v) is 18.1. The zero-order chi connectivity index (χ0) is 21.4. The fourth-order valence-electron chi connectivity index (χ4n) is 1.73. The van der Waals surface area contributed by atoms with E-state index in [2.05, 4.69) is 10.6 Å². The number of carboxylic acid groups (broad SMARTS) is 2. The normalized spacial score (nSPS) is 12.5. The molecule has 0 heterocycles. The summed E-state index contributed by atoms with van der Waals surface area (Å²) in [4.78, 5) is 45.0. The lowest BCUT2D eigenvalue weighted by atomic mass is 10.2. The number of hydrogen-bond donors (Lipinski definition) is 4. The van der Waals surface area contributed by atoms with Crippen LogP contribution < -0.4 is 10.6 Å². The second-order valence-electron chi connectivity index (χ2n) is 5.31. The number of unbranched alkanes of at least 4 members (excludes halogenated alkanes) is 2. The van der Waals surface area contributed by atoms with Crippen LogP contribution in [0.4, 0.5) is 9.59 Å². The molecule has 0 saturated carbocycles. The van der Waals surface area contributed by atoms with Gasteiger partial charge in [0.2, 0.25) is 0 Å². The summed E-state index contributed by atoms with van der Waals surface area (Å²) < 4.78 is 9.82. The number of aliphatic carboxylic acids is 2. The fraction of sp³-hybridized carbons (Fsp3) is 0.733. The molecule has 0 radical (unpaired) electrons. The molecule has 2 atom stereocenters. The molecule has 0 aromatic carbocycles. The lowest BCUT2D eigenvalue weighted by molar-refractivity contribution is -0.139. The maximum Gasteiger partial charge on any atom is 0.407 e. The van der Waals surface area contributed by atoms with Crippen LogP contribution in [0, 0.1) is 0 Å². The van der Waals surface area contributed by atoms with Gasteiger partial charge in [0, 0.05) is 11.5 Å². The molecule has 28 heavy (non-hydrogen) atoms. The SMILES string of the molecule is CSC[C@H](NC(=O)OCCCCCOC(=O)N[C@@H](CSSC)C(=O)O)C(=O)O. The predicted octanol–water partition coefficient (Wildman–Crippen LogP) is 1.89. The monoisotopic (exact) mass is 458 g/mol. The van der Waals surface area contributed by atoms with Crippen LogP contribution in [0.5, 0.6) is 0 Å². The van der Waals surface area contributed by atoms with Gasteiger partial charge in [0.25, 0.3) is 0 Å². The Bertz CT molecular complexity index is 510. The van der Waals surface area contributed by atoms with E-state index in [1.54, 1.807) is 6.26 Å². The first-order valence-electron chi connectivity index (χ1n) is 8.28. The molecule has 0 aliphatic carbocycles. The number of carbonyl (C=O) groups excluding carboxylic acids is 2. The molecule has 162 valence electrons. The number of nitrogens with one attached hydrogen (secondary N) is 2. The minimum atomic E-state index is -1.13. The number of carbonyl (C=O) groups is 4. The number of thioether (sulfide) groups is 1. The van der Waals surface area contributed by atoms with E-state index in [-0.39, 0.29) is 24.7 Å². The molecular weight excluding hydrogens is 432 g/mol. The molecule has 10 nitrogen and oxygen atoms in total. The Kier molecular flexibility index (Phi) is 15.6. The first kappa shape index (κ1) is 26.5. The smallest absolute Gasteiger partial charge is 0.407 e. The minimum absolute atomic E-state index is 0.106. The Balaban J connectivity index is 3.82. The van der Waals surface area contributed by atoms with Crippen LogP contribution in [0.1, 0.15) is 19.3 Å². The quantitative estimate of drug-likeness (QED) is 0.210. The van der Waals surface area contributed by atoms with Crippen LogP contribution in [0.15, 0.2) is 0 Å². The maximum atomic E-state index is 11.6. The van der Waals surface area contributed by atoms with Crippen LogP contribution in [0.3, 0.4) is 0 Å². The summed E-state index contributed by atoms with van der Waals surface area (Å²) in [6, 6.07) is -2.02. The van der Waals surface area contributed by atoms with Crippen LogP contribution in [0.25, 0.3) is 0 Å². The summed E-state index contributed by atoms with van der Waals surface area (Å²) >= 11 is 1.30. The van der Waals surface area contributed by atoms with Crippen molar-refractivity contribution in [2.24, 2.45) is 0 Å². The van der Waals surface area contributed by atoms with Gasteiger partial charge in [-0.15, -0.1) is 0 Å². The summed E-state index contributed by atoms with van der Waals surface area (Å²) in [5, 5.41) is 22.5. The summed E-state index contributed by atoms with van der Waals surface area (Å²) in [6.07, 6.45) is 3.59. The average molecular weight is 459 g/mol. The molecule has 0 aliphatic rings. The molecular formula is C15H26N2O8S3. The van der Waals surface area contributed by atoms with Crippen molar-refractivity contribution in [2.45, 2.75) is 31.3 Å². The van der Waals surface area contributed by atoms with E-state index in [9.17, 15) is 19.2 Å². The van der Waals surface area contributed by atoms with Gasteiger partial charge in [-0.2, -0.15) is 11.8 Å². The Morgan fingerprint density at radius 3 is 1.68 bits per heavy atom. The fourth-order valence-corrected chi connectivity index (χ4v) is 3.60. The van der Waals surface area contributed by atoms with Crippen LogP contribution in [-0.2, 0) is 19.1 Å². The predicted molar refractivity (Wildman–Crippen MR) is 110 cm³/mol. The Morgan fingerprint density at radius 1 is 0.821 bits per heavy atom. The number of carboxylic acids is 2. The van der Waals surface area contributed by atoms with E-state index in [1.165, 1.54) is 33.3 Å². The van der Waals surface area contributed by atoms with E-state index in [0.717, 1.165) is 0 Å². The van der Waals surface area contributed by atoms with Gasteiger partial charge in [-0.05, 0) is 31.8 Å². The first-order chi connectivity index (χ1) is 13.3. The highest BCUT2D eigenvalue weighted by atomic mass is 33.1. The van der Waals surface area contributed by atoms with Gasteiger partial charge in [0.1, 0.15) is 12.1 Å². The summed E-state index contributed by atoms with van der Waals surface area (Å²) in [7, 11) is 2.72. The van der Waals surface area contributed by atoms with Crippen LogP contribution in [0.2, 0.25) is 0 Å². The van der Waals surface area contributed by atoms with Crippen molar-refractivity contribution < 1.29 is 38.9 Å². The molecule has 0 aromatic rings. The molecule has 0 spiro atoms. The van der Waals surface area contributed by atoms with Crippen molar-refractivity contribution in [3.63, 3.8) is 0 Å². The molecule has 13 heteroatoms. The number of hydrogen-bond acceptors (Lipinski definition) is 9. The standard InChI is InChI=1S/C15H26N2O8S3/c1-26-8-10(12(18)19)16-14(22)24-6-4-3-5-7-25-15(23)17-11(13(20)21)9-28-27-2/h10-11H,3-9H2,1-2H3,(H,16,22)(H,17,23)(H,18,19)(H,20,21)/t10-,11-/m0/s1. The highest BCUT2D eigenvalue weighted by Crippen LogP contribution is 2.17. The molecule has 0 aliphatic heterocycles. The highest BCUT2D eigenvalue weighted by molar-refractivity contribution is 8.76. The molecule has 4 N–H and O–H groups in total. The van der Waals surface area contributed by atoms with Crippen molar-refractivity contribution in [1.29, 1.82) is 0 Å². The average Bonchev–Trinajstić information content (AvgIpc) is 2.63. The highest BCUT2D eigenvalue weighted by Gasteiger charge is 2.21. The third-order valence-electron chi connectivity index (χ3n) is 3.12. The number of alkyl carbamates (subject to hydrolysis) is 2. The molecule has 0 unspecified atom stereocenters. The van der Waals surface area contributed by atoms with Crippen molar-refractivity contribution in [1.82, 2.24) is 10.6 Å².